The van der Waals surface area contributed by atoms with Gasteiger partial charge in [0.25, 0.3) is 0 Å². The van der Waals surface area contributed by atoms with Gasteiger partial charge in [-0.25, -0.2) is 0 Å². The smallest absolute Gasteiger partial charge is 0.330 e. The molecule has 37 heavy (non-hydrogen) atoms. The summed E-state index contributed by atoms with van der Waals surface area (Å²) in [5.41, 5.74) is 6.52. The molecule has 0 amide bonds. The van der Waals surface area contributed by atoms with E-state index in [1.165, 1.54) is 20.8 Å². The van der Waals surface area contributed by atoms with Crippen LogP contribution in [-0.4, -0.2) is 68.0 Å². The molecule has 1 aliphatic heterocycles. The van der Waals surface area contributed by atoms with E-state index in [1.807, 2.05) is 0 Å². The molecule has 0 saturated carbocycles. The molecule has 13 heteroatoms. The molecule has 1 fully saturated rings. The van der Waals surface area contributed by atoms with Crippen LogP contribution < -0.4 is 10.5 Å². The van der Waals surface area contributed by atoms with E-state index in [9.17, 15) is 18.9 Å². The summed E-state index contributed by atoms with van der Waals surface area (Å²) in [6, 6.07) is 6.82. The average molecular weight is 546 g/mol. The number of rotatable bonds is 13. The predicted molar refractivity (Wildman–Crippen MR) is 131 cm³/mol. The van der Waals surface area contributed by atoms with Crippen LogP contribution in [0.3, 0.4) is 0 Å². The molecule has 0 radical (unpaired) electrons. The van der Waals surface area contributed by atoms with Crippen LogP contribution in [0.2, 0.25) is 0 Å². The van der Waals surface area contributed by atoms with Gasteiger partial charge < -0.3 is 38.5 Å². The van der Waals surface area contributed by atoms with Crippen LogP contribution in [0, 0.1) is 0 Å². The summed E-state index contributed by atoms with van der Waals surface area (Å²) in [5, 5.41) is 0. The molecule has 2 rings (SSSR count). The van der Waals surface area contributed by atoms with Gasteiger partial charge in [0.05, 0.1) is 19.4 Å². The Morgan fingerprint density at radius 1 is 0.865 bits per heavy atom. The van der Waals surface area contributed by atoms with Gasteiger partial charge in [0.2, 0.25) is 12.4 Å². The van der Waals surface area contributed by atoms with Gasteiger partial charge in [-0.2, -0.15) is 0 Å². The highest BCUT2D eigenvalue weighted by Gasteiger charge is 2.53. The summed E-state index contributed by atoms with van der Waals surface area (Å²) in [7, 11) is -3.49. The Balaban J connectivity index is 2.45. The van der Waals surface area contributed by atoms with Gasteiger partial charge in [0.15, 0.2) is 12.2 Å². The van der Waals surface area contributed by atoms with Crippen molar-refractivity contribution in [2.24, 2.45) is 5.73 Å². The summed E-state index contributed by atoms with van der Waals surface area (Å²) in [4.78, 5) is 36.0. The molecular weight excluding hydrogens is 509 g/mol. The number of hydrogen-bond donors (Lipinski definition) is 1. The molecule has 0 aliphatic carbocycles. The Bertz CT molecular complexity index is 945. The molecule has 1 heterocycles. The van der Waals surface area contributed by atoms with E-state index in [4.69, 9.17) is 38.5 Å². The largest absolute Gasteiger partial charge is 0.461 e. The second kappa shape index (κ2) is 14.4. The number of carbonyl (C=O) groups excluding carboxylic acids is 3. The SMILES string of the molecule is CCOP(=O)(CC[C@H]1O[C@H](Oc2ccc(CN)cc2)[C@@H](OC(C)=O)[C@@H](OC(C)=O)[C@@H]1OC(C)=O)OCC. The first-order valence-electron chi connectivity index (χ1n) is 12.0. The Morgan fingerprint density at radius 3 is 1.86 bits per heavy atom. The predicted octanol–water partition coefficient (Wildman–Crippen LogP) is 2.70. The monoisotopic (exact) mass is 545 g/mol. The van der Waals surface area contributed by atoms with Crippen molar-refractivity contribution in [3.05, 3.63) is 29.8 Å². The summed E-state index contributed by atoms with van der Waals surface area (Å²) < 4.78 is 52.3. The number of hydrogen-bond acceptors (Lipinski definition) is 12. The number of nitrogens with two attached hydrogens (primary N) is 1. The normalized spacial score (nSPS) is 23.7. The summed E-state index contributed by atoms with van der Waals surface area (Å²) in [5.74, 6) is -1.73. The van der Waals surface area contributed by atoms with E-state index < -0.39 is 56.2 Å². The Hall–Kier alpha value is -2.50. The first kappa shape index (κ1) is 30.7. The zero-order chi connectivity index (χ0) is 27.6. The van der Waals surface area contributed by atoms with Crippen molar-refractivity contribution in [3.63, 3.8) is 0 Å². The van der Waals surface area contributed by atoms with Crippen molar-refractivity contribution in [2.45, 2.75) is 78.3 Å². The average Bonchev–Trinajstić information content (AvgIpc) is 2.81. The van der Waals surface area contributed by atoms with E-state index in [-0.39, 0.29) is 25.8 Å². The van der Waals surface area contributed by atoms with Crippen molar-refractivity contribution in [1.29, 1.82) is 0 Å². The lowest BCUT2D eigenvalue weighted by molar-refractivity contribution is -0.283. The fraction of sp³-hybridized carbons (Fsp3) is 0.625. The van der Waals surface area contributed by atoms with Crippen LogP contribution in [0.1, 0.15) is 46.6 Å². The van der Waals surface area contributed by atoms with Gasteiger partial charge >= 0.3 is 25.5 Å². The van der Waals surface area contributed by atoms with Gasteiger partial charge in [-0.3, -0.25) is 18.9 Å². The highest BCUT2D eigenvalue weighted by molar-refractivity contribution is 7.53. The Labute approximate surface area is 216 Å². The maximum atomic E-state index is 13.1. The molecular formula is C24H36NO11P. The highest BCUT2D eigenvalue weighted by atomic mass is 31.2. The Morgan fingerprint density at radius 2 is 1.38 bits per heavy atom. The fourth-order valence-corrected chi connectivity index (χ4v) is 5.56. The van der Waals surface area contributed by atoms with Gasteiger partial charge in [-0.15, -0.1) is 0 Å². The molecule has 5 atom stereocenters. The molecule has 1 aromatic carbocycles. The van der Waals surface area contributed by atoms with Crippen molar-refractivity contribution in [1.82, 2.24) is 0 Å². The van der Waals surface area contributed by atoms with E-state index in [2.05, 4.69) is 0 Å². The third-order valence-electron chi connectivity index (χ3n) is 5.25. The van der Waals surface area contributed by atoms with Crippen LogP contribution in [0.15, 0.2) is 24.3 Å². The van der Waals surface area contributed by atoms with Crippen LogP contribution in [0.5, 0.6) is 5.75 Å². The lowest BCUT2D eigenvalue weighted by Crippen LogP contribution is -2.62. The molecule has 208 valence electrons. The quantitative estimate of drug-likeness (QED) is 0.220. The summed E-state index contributed by atoms with van der Waals surface area (Å²) >= 11 is 0. The Kier molecular flexibility index (Phi) is 12.0. The first-order valence-corrected chi connectivity index (χ1v) is 13.8. The second-order valence-corrected chi connectivity index (χ2v) is 10.4. The molecule has 1 saturated heterocycles. The van der Waals surface area contributed by atoms with E-state index >= 15 is 0 Å². The third kappa shape index (κ3) is 9.39. The molecule has 0 unspecified atom stereocenters. The number of carbonyl (C=O) groups is 3. The zero-order valence-electron chi connectivity index (χ0n) is 21.7. The lowest BCUT2D eigenvalue weighted by atomic mass is 9.96. The molecule has 1 aromatic rings. The van der Waals surface area contributed by atoms with Crippen LogP contribution in [0.25, 0.3) is 0 Å². The van der Waals surface area contributed by atoms with E-state index in [0.717, 1.165) is 5.56 Å². The molecule has 1 aliphatic rings. The highest BCUT2D eigenvalue weighted by Crippen LogP contribution is 2.49. The maximum absolute atomic E-state index is 13.1. The lowest BCUT2D eigenvalue weighted by Gasteiger charge is -2.44. The van der Waals surface area contributed by atoms with Crippen molar-refractivity contribution >= 4 is 25.5 Å². The molecule has 0 aromatic heterocycles. The minimum Gasteiger partial charge on any atom is -0.461 e. The molecule has 2 N–H and O–H groups in total. The molecule has 12 nitrogen and oxygen atoms in total. The third-order valence-corrected chi connectivity index (χ3v) is 7.36. The zero-order valence-corrected chi connectivity index (χ0v) is 22.6. The number of ether oxygens (including phenoxy) is 5. The molecule has 0 spiro atoms. The van der Waals surface area contributed by atoms with Gasteiger partial charge in [0, 0.05) is 27.3 Å². The van der Waals surface area contributed by atoms with Gasteiger partial charge in [-0.05, 0) is 38.0 Å². The number of esters is 3. The molecule has 0 bridgehead atoms. The minimum absolute atomic E-state index is 0.0196. The minimum atomic E-state index is -3.49. The standard InChI is InChI=1S/C24H36NO11P/c1-6-30-37(29,31-7-2)13-12-20-21(32-15(3)26)22(33-16(4)27)23(34-17(5)28)24(36-20)35-19-10-8-18(14-25)9-11-19/h8-11,20-24H,6-7,12-14,25H2,1-5H3/t20-,21-,22+,23+,24+/m1/s1. The fourth-order valence-electron chi connectivity index (χ4n) is 3.87. The van der Waals surface area contributed by atoms with Gasteiger partial charge in [-0.1, -0.05) is 12.1 Å². The van der Waals surface area contributed by atoms with Crippen molar-refractivity contribution < 1.29 is 51.7 Å². The van der Waals surface area contributed by atoms with E-state index in [0.29, 0.717) is 12.3 Å². The first-order chi connectivity index (χ1) is 17.5. The second-order valence-electron chi connectivity index (χ2n) is 8.19. The number of benzene rings is 1. The maximum Gasteiger partial charge on any atom is 0.330 e. The van der Waals surface area contributed by atoms with Gasteiger partial charge in [0.1, 0.15) is 11.9 Å². The summed E-state index contributed by atoms with van der Waals surface area (Å²) in [6.45, 7) is 7.53. The van der Waals surface area contributed by atoms with Crippen LogP contribution >= 0.6 is 7.60 Å². The van der Waals surface area contributed by atoms with Crippen molar-refractivity contribution in [3.8, 4) is 5.75 Å². The van der Waals surface area contributed by atoms with E-state index in [1.54, 1.807) is 38.1 Å². The topological polar surface area (TPSA) is 159 Å². The summed E-state index contributed by atoms with van der Waals surface area (Å²) in [6.07, 6.45) is -6.10. The van der Waals surface area contributed by atoms with Crippen LogP contribution in [0.4, 0.5) is 0 Å². The van der Waals surface area contributed by atoms with Crippen LogP contribution in [-0.2, 0) is 53.5 Å². The van der Waals surface area contributed by atoms with Crippen molar-refractivity contribution in [2.75, 3.05) is 19.4 Å².